The Labute approximate surface area is 183 Å². The van der Waals surface area contributed by atoms with Crippen LogP contribution in [0.5, 0.6) is 0 Å². The van der Waals surface area contributed by atoms with Crippen molar-refractivity contribution < 1.29 is 0 Å². The van der Waals surface area contributed by atoms with Crippen molar-refractivity contribution in [2.75, 3.05) is 0 Å². The fraction of sp³-hybridized carbons (Fsp3) is 0.207. The summed E-state index contributed by atoms with van der Waals surface area (Å²) in [5.74, 6) is 0. The van der Waals surface area contributed by atoms with Gasteiger partial charge in [-0.15, -0.1) is 0 Å². The van der Waals surface area contributed by atoms with Crippen molar-refractivity contribution in [2.24, 2.45) is 0 Å². The van der Waals surface area contributed by atoms with Crippen LogP contribution in [0.4, 0.5) is 0 Å². The van der Waals surface area contributed by atoms with Crippen LogP contribution in [0, 0.1) is 0 Å². The Kier molecular flexibility index (Phi) is 5.30. The van der Waals surface area contributed by atoms with E-state index in [2.05, 4.69) is 84.8 Å². The lowest BCUT2D eigenvalue weighted by atomic mass is 10.0. The summed E-state index contributed by atoms with van der Waals surface area (Å²) in [5, 5.41) is 3.76. The maximum atomic E-state index is 4.85. The Morgan fingerprint density at radius 2 is 1.61 bits per heavy atom. The van der Waals surface area contributed by atoms with E-state index in [1.807, 2.05) is 12.1 Å². The molecule has 2 heterocycles. The van der Waals surface area contributed by atoms with E-state index in [4.69, 9.17) is 4.98 Å². The minimum absolute atomic E-state index is 0.932. The van der Waals surface area contributed by atoms with E-state index in [1.54, 1.807) is 0 Å². The third-order valence-electron chi connectivity index (χ3n) is 6.26. The highest BCUT2D eigenvalue weighted by Crippen LogP contribution is 2.33. The number of pyridine rings is 1. The summed E-state index contributed by atoms with van der Waals surface area (Å²) in [6.07, 6.45) is 5.07. The van der Waals surface area contributed by atoms with Gasteiger partial charge in [0, 0.05) is 39.3 Å². The average Bonchev–Trinajstić information content (AvgIpc) is 3.14. The van der Waals surface area contributed by atoms with Crippen molar-refractivity contribution in [1.82, 2.24) is 9.55 Å². The molecule has 31 heavy (non-hydrogen) atoms. The first-order valence-electron chi connectivity index (χ1n) is 11.3. The maximum Gasteiger partial charge on any atom is 0.0709 e. The van der Waals surface area contributed by atoms with Gasteiger partial charge in [0.25, 0.3) is 0 Å². The predicted octanol–water partition coefficient (Wildman–Crippen LogP) is 7.98. The lowest BCUT2D eigenvalue weighted by molar-refractivity contribution is 0.602. The molecule has 2 heteroatoms. The summed E-state index contributed by atoms with van der Waals surface area (Å²) in [5.41, 5.74) is 6.66. The molecular weight excluding hydrogens is 376 g/mol. The number of hydrogen-bond acceptors (Lipinski definition) is 1. The third kappa shape index (κ3) is 3.63. The zero-order chi connectivity index (χ0) is 21.2. The molecule has 5 aromatic rings. The van der Waals surface area contributed by atoms with Gasteiger partial charge in [-0.05, 0) is 42.3 Å². The van der Waals surface area contributed by atoms with E-state index in [1.165, 1.54) is 47.5 Å². The molecule has 0 amide bonds. The second-order valence-electron chi connectivity index (χ2n) is 8.33. The predicted molar refractivity (Wildman–Crippen MR) is 133 cm³/mol. The molecule has 154 valence electrons. The Morgan fingerprint density at radius 3 is 2.52 bits per heavy atom. The number of para-hydroxylation sites is 2. The molecule has 0 aliphatic rings. The minimum Gasteiger partial charge on any atom is -0.340 e. The first-order valence-corrected chi connectivity index (χ1v) is 11.3. The minimum atomic E-state index is 0.932. The Bertz CT molecular complexity index is 1390. The summed E-state index contributed by atoms with van der Waals surface area (Å²) in [6, 6.07) is 27.9. The average molecular weight is 405 g/mol. The van der Waals surface area contributed by atoms with Crippen LogP contribution >= 0.6 is 0 Å². The number of aromatic nitrogens is 2. The molecule has 0 spiro atoms. The molecule has 0 N–H and O–H groups in total. The van der Waals surface area contributed by atoms with Crippen LogP contribution in [-0.2, 0) is 6.54 Å². The molecular formula is C29H28N2. The summed E-state index contributed by atoms with van der Waals surface area (Å²) >= 11 is 0. The summed E-state index contributed by atoms with van der Waals surface area (Å²) in [4.78, 5) is 4.85. The van der Waals surface area contributed by atoms with Gasteiger partial charge in [0.2, 0.25) is 0 Å². The first kappa shape index (κ1) is 19.6. The van der Waals surface area contributed by atoms with Gasteiger partial charge < -0.3 is 4.57 Å². The molecule has 0 saturated heterocycles. The number of aryl methyl sites for hydroxylation is 1. The number of rotatable bonds is 7. The van der Waals surface area contributed by atoms with Crippen LogP contribution < -0.4 is 0 Å². The van der Waals surface area contributed by atoms with E-state index in [-0.39, 0.29) is 0 Å². The smallest absolute Gasteiger partial charge is 0.0709 e. The zero-order valence-corrected chi connectivity index (χ0v) is 18.1. The van der Waals surface area contributed by atoms with Crippen LogP contribution in [-0.4, -0.2) is 9.55 Å². The highest BCUT2D eigenvalue weighted by atomic mass is 15.0. The Morgan fingerprint density at radius 1 is 0.806 bits per heavy atom. The van der Waals surface area contributed by atoms with E-state index in [0.717, 1.165) is 34.3 Å². The van der Waals surface area contributed by atoms with Gasteiger partial charge in [0.1, 0.15) is 0 Å². The van der Waals surface area contributed by atoms with Gasteiger partial charge in [-0.2, -0.15) is 0 Å². The molecule has 2 aromatic heterocycles. The molecule has 0 bridgehead atoms. The monoisotopic (exact) mass is 404 g/mol. The number of benzene rings is 3. The maximum absolute atomic E-state index is 4.85. The summed E-state index contributed by atoms with van der Waals surface area (Å²) in [7, 11) is 0. The molecule has 5 rings (SSSR count). The fourth-order valence-corrected chi connectivity index (χ4v) is 4.56. The van der Waals surface area contributed by atoms with Crippen molar-refractivity contribution in [1.29, 1.82) is 0 Å². The number of fused-ring (bicyclic) bond motifs is 4. The summed E-state index contributed by atoms with van der Waals surface area (Å²) < 4.78 is 2.49. The molecule has 0 saturated carbocycles. The number of unbranched alkanes of at least 4 members (excludes halogenated alkanes) is 3. The van der Waals surface area contributed by atoms with Gasteiger partial charge in [-0.1, -0.05) is 81.3 Å². The van der Waals surface area contributed by atoms with Crippen molar-refractivity contribution in [2.45, 2.75) is 39.2 Å². The lowest BCUT2D eigenvalue weighted by Crippen LogP contribution is -1.98. The lowest BCUT2D eigenvalue weighted by Gasteiger charge is -2.09. The van der Waals surface area contributed by atoms with Crippen molar-refractivity contribution in [3.05, 3.63) is 96.7 Å². The summed E-state index contributed by atoms with van der Waals surface area (Å²) in [6.45, 7) is 7.73. The first-order chi connectivity index (χ1) is 15.3. The van der Waals surface area contributed by atoms with Crippen LogP contribution in [0.3, 0.4) is 0 Å². The van der Waals surface area contributed by atoms with Gasteiger partial charge in [-0.3, -0.25) is 0 Å². The fourth-order valence-electron chi connectivity index (χ4n) is 4.56. The molecule has 0 atom stereocenters. The van der Waals surface area contributed by atoms with Crippen molar-refractivity contribution in [3.63, 3.8) is 0 Å². The van der Waals surface area contributed by atoms with Crippen LogP contribution in [0.2, 0.25) is 0 Å². The van der Waals surface area contributed by atoms with Gasteiger partial charge >= 0.3 is 0 Å². The van der Waals surface area contributed by atoms with Crippen LogP contribution in [0.25, 0.3) is 38.3 Å². The van der Waals surface area contributed by atoms with E-state index in [0.29, 0.717) is 0 Å². The van der Waals surface area contributed by atoms with Crippen molar-refractivity contribution >= 4 is 38.3 Å². The molecule has 0 aliphatic carbocycles. The van der Waals surface area contributed by atoms with Gasteiger partial charge in [0.05, 0.1) is 11.2 Å². The van der Waals surface area contributed by atoms with E-state index < -0.39 is 0 Å². The molecule has 0 unspecified atom stereocenters. The van der Waals surface area contributed by atoms with Gasteiger partial charge in [0.15, 0.2) is 0 Å². The number of nitrogens with zero attached hydrogens (tertiary/aromatic N) is 2. The Hall–Kier alpha value is -3.39. The van der Waals surface area contributed by atoms with Gasteiger partial charge in [-0.25, -0.2) is 4.98 Å². The third-order valence-corrected chi connectivity index (χ3v) is 6.26. The van der Waals surface area contributed by atoms with E-state index in [9.17, 15) is 0 Å². The standard InChI is InChI=1S/C29H28N2/c1-3-4-5-10-19-31-28-14-9-7-12-24(28)25-20-23(16-18-29(25)31)21(2)26-17-15-22-11-6-8-13-27(22)30-26/h6-9,11-18,20H,2-5,10,19H2,1H3. The number of hydrogen-bond donors (Lipinski definition) is 0. The second-order valence-corrected chi connectivity index (χ2v) is 8.33. The molecule has 0 radical (unpaired) electrons. The highest BCUT2D eigenvalue weighted by molar-refractivity contribution is 6.09. The zero-order valence-electron chi connectivity index (χ0n) is 18.1. The molecule has 0 fully saturated rings. The molecule has 3 aromatic carbocycles. The normalized spacial score (nSPS) is 11.5. The molecule has 2 nitrogen and oxygen atoms in total. The second kappa shape index (κ2) is 8.39. The quantitative estimate of drug-likeness (QED) is 0.251. The van der Waals surface area contributed by atoms with Crippen LogP contribution in [0.15, 0.2) is 85.4 Å². The SMILES string of the molecule is C=C(c1ccc2c(c1)c1ccccc1n2CCCCCC)c1ccc2ccccc2n1. The Balaban J connectivity index is 1.56. The van der Waals surface area contributed by atoms with Crippen molar-refractivity contribution in [3.8, 4) is 0 Å². The topological polar surface area (TPSA) is 17.8 Å². The largest absolute Gasteiger partial charge is 0.340 e. The molecule has 0 aliphatic heterocycles. The van der Waals surface area contributed by atoms with Crippen LogP contribution in [0.1, 0.15) is 43.9 Å². The van der Waals surface area contributed by atoms with E-state index >= 15 is 0 Å². The highest BCUT2D eigenvalue weighted by Gasteiger charge is 2.13.